The van der Waals surface area contributed by atoms with Crippen molar-refractivity contribution in [3.8, 4) is 0 Å². The van der Waals surface area contributed by atoms with Crippen LogP contribution in [0.25, 0.3) is 0 Å². The zero-order valence-corrected chi connectivity index (χ0v) is 28.4. The van der Waals surface area contributed by atoms with Gasteiger partial charge in [-0.1, -0.05) is 120 Å². The molecule has 1 aliphatic rings. The van der Waals surface area contributed by atoms with E-state index >= 15 is 0 Å². The summed E-state index contributed by atoms with van der Waals surface area (Å²) in [5, 5.41) is 3.25. The number of carbonyl (C=O) groups excluding carboxylic acids is 2. The number of halogens is 1. The van der Waals surface area contributed by atoms with E-state index in [0.717, 1.165) is 53.1 Å². The Morgan fingerprint density at radius 1 is 0.826 bits per heavy atom. The van der Waals surface area contributed by atoms with Gasteiger partial charge in [0.25, 0.3) is 10.0 Å². The number of benzene rings is 4. The highest BCUT2D eigenvalue weighted by Crippen LogP contribution is 2.27. The van der Waals surface area contributed by atoms with Gasteiger partial charge in [-0.05, 0) is 61.2 Å². The first-order valence-electron chi connectivity index (χ1n) is 15.7. The molecule has 240 valence electrons. The average molecular weight is 703 g/mol. The highest BCUT2D eigenvalue weighted by Gasteiger charge is 2.35. The van der Waals surface area contributed by atoms with Crippen LogP contribution in [0.3, 0.4) is 0 Å². The van der Waals surface area contributed by atoms with E-state index in [4.69, 9.17) is 0 Å². The van der Waals surface area contributed by atoms with Crippen molar-refractivity contribution < 1.29 is 18.0 Å². The number of amides is 2. The number of nitrogens with zero attached hydrogens (tertiary/aromatic N) is 2. The van der Waals surface area contributed by atoms with Crippen molar-refractivity contribution in [2.45, 2.75) is 69.0 Å². The minimum atomic E-state index is -4.14. The number of anilines is 1. The molecule has 4 aromatic rings. The van der Waals surface area contributed by atoms with Crippen LogP contribution in [0.4, 0.5) is 5.69 Å². The number of hydrogen-bond acceptors (Lipinski definition) is 4. The average Bonchev–Trinajstić information content (AvgIpc) is 3.07. The Labute approximate surface area is 280 Å². The molecule has 1 fully saturated rings. The van der Waals surface area contributed by atoms with Crippen LogP contribution in [-0.4, -0.2) is 43.8 Å². The summed E-state index contributed by atoms with van der Waals surface area (Å²) in [7, 11) is -4.14. The third-order valence-electron chi connectivity index (χ3n) is 8.40. The van der Waals surface area contributed by atoms with E-state index in [0.29, 0.717) is 16.6 Å². The molecule has 0 spiro atoms. The molecule has 0 radical (unpaired) electrons. The SMILES string of the molecule is Cc1ccc(CN(C(=O)CN(c2cccc(Br)c2)S(=O)(=O)c2ccccc2)C(Cc2ccccc2)C(=O)NC2CCCCC2)cc1. The quantitative estimate of drug-likeness (QED) is 0.172. The van der Waals surface area contributed by atoms with Gasteiger partial charge < -0.3 is 10.2 Å². The third-order valence-corrected chi connectivity index (χ3v) is 10.7. The zero-order chi connectivity index (χ0) is 32.5. The number of nitrogens with one attached hydrogen (secondary N) is 1. The zero-order valence-electron chi connectivity index (χ0n) is 26.0. The minimum Gasteiger partial charge on any atom is -0.352 e. The van der Waals surface area contributed by atoms with Crippen LogP contribution < -0.4 is 9.62 Å². The Balaban J connectivity index is 1.55. The molecule has 0 saturated heterocycles. The molecule has 7 nitrogen and oxygen atoms in total. The lowest BCUT2D eigenvalue weighted by atomic mass is 9.94. The maximum atomic E-state index is 14.6. The standard InChI is InChI=1S/C37H40BrN3O4S/c1-28-20-22-30(23-21-28)26-40(35(24-29-12-5-2-6-13-29)37(43)39-32-15-7-3-8-16-32)36(42)27-41(33-17-11-14-31(38)25-33)46(44,45)34-18-9-4-10-19-34/h2,4-6,9-14,17-23,25,32,35H,3,7-8,15-16,24,26-27H2,1H3,(H,39,43). The number of hydrogen-bond donors (Lipinski definition) is 1. The fourth-order valence-electron chi connectivity index (χ4n) is 5.87. The second kappa shape index (κ2) is 15.6. The molecule has 1 saturated carbocycles. The molecule has 1 N–H and O–H groups in total. The summed E-state index contributed by atoms with van der Waals surface area (Å²) in [6.45, 7) is 1.65. The van der Waals surface area contributed by atoms with Gasteiger partial charge in [0, 0.05) is 23.5 Å². The van der Waals surface area contributed by atoms with Gasteiger partial charge in [0.1, 0.15) is 12.6 Å². The molecule has 0 bridgehead atoms. The summed E-state index contributed by atoms with van der Waals surface area (Å²) in [6.07, 6.45) is 5.36. The second-order valence-corrected chi connectivity index (χ2v) is 14.6. The van der Waals surface area contributed by atoms with Crippen molar-refractivity contribution in [1.29, 1.82) is 0 Å². The molecule has 2 amide bonds. The van der Waals surface area contributed by atoms with E-state index in [1.54, 1.807) is 47.4 Å². The fourth-order valence-corrected chi connectivity index (χ4v) is 7.68. The van der Waals surface area contributed by atoms with Crippen LogP contribution in [0.15, 0.2) is 119 Å². The Kier molecular flexibility index (Phi) is 11.3. The Hall–Kier alpha value is -3.95. The Morgan fingerprint density at radius 3 is 2.13 bits per heavy atom. The molecule has 1 unspecified atom stereocenters. The maximum absolute atomic E-state index is 14.6. The van der Waals surface area contributed by atoms with Gasteiger partial charge in [-0.2, -0.15) is 0 Å². The number of carbonyl (C=O) groups is 2. The number of rotatable bonds is 12. The Bertz CT molecular complexity index is 1710. The van der Waals surface area contributed by atoms with Crippen molar-refractivity contribution in [2.75, 3.05) is 10.8 Å². The van der Waals surface area contributed by atoms with Gasteiger partial charge in [-0.15, -0.1) is 0 Å². The van der Waals surface area contributed by atoms with Gasteiger partial charge in [0.05, 0.1) is 10.6 Å². The monoisotopic (exact) mass is 701 g/mol. The molecule has 0 aromatic heterocycles. The van der Waals surface area contributed by atoms with Gasteiger partial charge in [-0.25, -0.2) is 8.42 Å². The molecule has 46 heavy (non-hydrogen) atoms. The van der Waals surface area contributed by atoms with Crippen molar-refractivity contribution in [3.63, 3.8) is 0 Å². The summed E-state index contributed by atoms with van der Waals surface area (Å²) < 4.78 is 30.0. The van der Waals surface area contributed by atoms with Crippen LogP contribution in [0.2, 0.25) is 0 Å². The first-order valence-corrected chi connectivity index (χ1v) is 18.0. The van der Waals surface area contributed by atoms with Gasteiger partial charge in [0.15, 0.2) is 0 Å². The summed E-state index contributed by atoms with van der Waals surface area (Å²) in [5.74, 6) is -0.698. The highest BCUT2D eigenvalue weighted by atomic mass is 79.9. The summed E-state index contributed by atoms with van der Waals surface area (Å²) in [6, 6.07) is 31.6. The van der Waals surface area contributed by atoms with Crippen LogP contribution in [0, 0.1) is 6.92 Å². The molecule has 5 rings (SSSR count). The molecule has 0 aliphatic heterocycles. The molecule has 1 aliphatic carbocycles. The summed E-state index contributed by atoms with van der Waals surface area (Å²) >= 11 is 3.46. The van der Waals surface area contributed by atoms with Crippen LogP contribution in [-0.2, 0) is 32.6 Å². The molecule has 4 aromatic carbocycles. The number of sulfonamides is 1. The first-order chi connectivity index (χ1) is 22.2. The molecule has 1 atom stereocenters. The summed E-state index contributed by atoms with van der Waals surface area (Å²) in [5.41, 5.74) is 3.18. The van der Waals surface area contributed by atoms with E-state index < -0.39 is 28.5 Å². The molecular weight excluding hydrogens is 662 g/mol. The molecular formula is C37H40BrN3O4S. The van der Waals surface area contributed by atoms with E-state index in [1.807, 2.05) is 61.5 Å². The lowest BCUT2D eigenvalue weighted by Gasteiger charge is -2.35. The molecule has 9 heteroatoms. The van der Waals surface area contributed by atoms with Gasteiger partial charge in [0.2, 0.25) is 11.8 Å². The lowest BCUT2D eigenvalue weighted by Crippen LogP contribution is -2.55. The summed E-state index contributed by atoms with van der Waals surface area (Å²) in [4.78, 5) is 30.4. The van der Waals surface area contributed by atoms with Crippen molar-refractivity contribution >= 4 is 43.5 Å². The lowest BCUT2D eigenvalue weighted by molar-refractivity contribution is -0.140. The normalized spacial score (nSPS) is 14.3. The predicted molar refractivity (Wildman–Crippen MR) is 186 cm³/mol. The fraction of sp³-hybridized carbons (Fsp3) is 0.297. The van der Waals surface area contributed by atoms with Crippen LogP contribution in [0.1, 0.15) is 48.8 Å². The van der Waals surface area contributed by atoms with E-state index in [1.165, 1.54) is 12.1 Å². The predicted octanol–water partition coefficient (Wildman–Crippen LogP) is 7.04. The van der Waals surface area contributed by atoms with E-state index in [9.17, 15) is 18.0 Å². The van der Waals surface area contributed by atoms with E-state index in [-0.39, 0.29) is 23.4 Å². The topological polar surface area (TPSA) is 86.8 Å². The van der Waals surface area contributed by atoms with Gasteiger partial charge >= 0.3 is 0 Å². The van der Waals surface area contributed by atoms with E-state index in [2.05, 4.69) is 21.2 Å². The third kappa shape index (κ3) is 8.65. The van der Waals surface area contributed by atoms with Crippen LogP contribution >= 0.6 is 15.9 Å². The smallest absolute Gasteiger partial charge is 0.264 e. The Morgan fingerprint density at radius 2 is 1.48 bits per heavy atom. The molecule has 0 heterocycles. The van der Waals surface area contributed by atoms with Gasteiger partial charge in [-0.3, -0.25) is 13.9 Å². The number of aryl methyl sites for hydroxylation is 1. The minimum absolute atomic E-state index is 0.0486. The largest absolute Gasteiger partial charge is 0.352 e. The maximum Gasteiger partial charge on any atom is 0.264 e. The van der Waals surface area contributed by atoms with Crippen molar-refractivity contribution in [2.24, 2.45) is 0 Å². The first kappa shape index (κ1) is 33.4. The van der Waals surface area contributed by atoms with Crippen molar-refractivity contribution in [3.05, 3.63) is 130 Å². The van der Waals surface area contributed by atoms with Crippen molar-refractivity contribution in [1.82, 2.24) is 10.2 Å². The van der Waals surface area contributed by atoms with Crippen LogP contribution in [0.5, 0.6) is 0 Å². The second-order valence-electron chi connectivity index (χ2n) is 11.9. The highest BCUT2D eigenvalue weighted by molar-refractivity contribution is 9.10.